The predicted octanol–water partition coefficient (Wildman–Crippen LogP) is 4.01. The molecule has 3 rings (SSSR count). The number of ether oxygens (including phenoxy) is 3. The molecular weight excluding hydrogens is 374 g/mol. The summed E-state index contributed by atoms with van der Waals surface area (Å²) in [7, 11) is 3.20. The zero-order valence-corrected chi connectivity index (χ0v) is 16.2. The lowest BCUT2D eigenvalue weighted by molar-refractivity contribution is -0.128. The lowest BCUT2D eigenvalue weighted by Crippen LogP contribution is -2.32. The van der Waals surface area contributed by atoms with Crippen LogP contribution in [0, 0.1) is 0 Å². The van der Waals surface area contributed by atoms with E-state index in [0.717, 1.165) is 5.56 Å². The molecule has 0 aromatic heterocycles. The number of thioether (sulfide) groups is 1. The van der Waals surface area contributed by atoms with Crippen molar-refractivity contribution in [3.8, 4) is 17.2 Å². The van der Waals surface area contributed by atoms with E-state index in [1.54, 1.807) is 32.0 Å². The summed E-state index contributed by atoms with van der Waals surface area (Å²) in [6.07, 6.45) is 0. The van der Waals surface area contributed by atoms with Gasteiger partial charge in [0, 0.05) is 0 Å². The van der Waals surface area contributed by atoms with Crippen molar-refractivity contribution < 1.29 is 19.0 Å². The third-order valence-corrected chi connectivity index (χ3v) is 5.66. The number of para-hydroxylation sites is 1. The zero-order chi connectivity index (χ0) is 18.5. The van der Waals surface area contributed by atoms with Gasteiger partial charge in [0.1, 0.15) is 17.7 Å². The van der Waals surface area contributed by atoms with Crippen LogP contribution < -0.4 is 14.2 Å². The fourth-order valence-corrected chi connectivity index (χ4v) is 4.19. The second-order valence-electron chi connectivity index (χ2n) is 5.64. The first kappa shape index (κ1) is 18.7. The van der Waals surface area contributed by atoms with Crippen molar-refractivity contribution >= 4 is 29.3 Å². The molecule has 7 heteroatoms. The lowest BCUT2D eigenvalue weighted by atomic mass is 10.2. The number of nitrogens with zero attached hydrogens (tertiary/aromatic N) is 1. The van der Waals surface area contributed by atoms with Gasteiger partial charge in [-0.05, 0) is 29.8 Å². The van der Waals surface area contributed by atoms with Gasteiger partial charge in [-0.1, -0.05) is 29.8 Å². The van der Waals surface area contributed by atoms with Crippen molar-refractivity contribution in [1.29, 1.82) is 0 Å². The smallest absolute Gasteiger partial charge is 0.233 e. The fourth-order valence-electron chi connectivity index (χ4n) is 2.79. The van der Waals surface area contributed by atoms with Gasteiger partial charge in [0.05, 0.1) is 31.5 Å². The van der Waals surface area contributed by atoms with E-state index < -0.39 is 0 Å². The van der Waals surface area contributed by atoms with E-state index in [2.05, 4.69) is 0 Å². The standard InChI is InChI=1S/C19H20ClNO4S/c1-23-16-8-7-13(11-17(16)24-2)19-21(18(22)12-26-19)9-10-25-15-6-4-3-5-14(15)20/h3-8,11,19H,9-10,12H2,1-2H3. The summed E-state index contributed by atoms with van der Waals surface area (Å²) in [5, 5.41) is 0.489. The molecular formula is C19H20ClNO4S. The zero-order valence-electron chi connectivity index (χ0n) is 14.6. The number of hydrogen-bond donors (Lipinski definition) is 0. The molecule has 1 atom stereocenters. The van der Waals surface area contributed by atoms with Crippen molar-refractivity contribution in [2.45, 2.75) is 5.37 Å². The average Bonchev–Trinajstić information content (AvgIpc) is 3.03. The number of methoxy groups -OCH3 is 2. The summed E-state index contributed by atoms with van der Waals surface area (Å²) in [6.45, 7) is 0.857. The molecule has 0 spiro atoms. The van der Waals surface area contributed by atoms with Crippen LogP contribution in [0.5, 0.6) is 17.2 Å². The van der Waals surface area contributed by atoms with Gasteiger partial charge in [0.25, 0.3) is 0 Å². The van der Waals surface area contributed by atoms with Crippen LogP contribution >= 0.6 is 23.4 Å². The van der Waals surface area contributed by atoms with Gasteiger partial charge in [0.15, 0.2) is 11.5 Å². The second kappa shape index (κ2) is 8.56. The summed E-state index contributed by atoms with van der Waals surface area (Å²) in [6, 6.07) is 13.0. The average molecular weight is 394 g/mol. The van der Waals surface area contributed by atoms with Crippen LogP contribution in [0.1, 0.15) is 10.9 Å². The van der Waals surface area contributed by atoms with Crippen molar-refractivity contribution in [3.63, 3.8) is 0 Å². The minimum atomic E-state index is -0.0721. The molecule has 5 nitrogen and oxygen atoms in total. The van der Waals surface area contributed by atoms with E-state index in [0.29, 0.717) is 41.2 Å². The molecule has 0 aliphatic carbocycles. The Bertz CT molecular complexity index is 786. The molecule has 0 saturated carbocycles. The van der Waals surface area contributed by atoms with Gasteiger partial charge < -0.3 is 19.1 Å². The number of benzene rings is 2. The van der Waals surface area contributed by atoms with E-state index in [9.17, 15) is 4.79 Å². The first-order valence-electron chi connectivity index (χ1n) is 8.14. The molecule has 1 heterocycles. The molecule has 138 valence electrons. The third kappa shape index (κ3) is 4.02. The van der Waals surface area contributed by atoms with Gasteiger partial charge in [-0.3, -0.25) is 4.79 Å². The summed E-state index contributed by atoms with van der Waals surface area (Å²) in [5.74, 6) is 2.48. The van der Waals surface area contributed by atoms with Crippen molar-refractivity contribution in [3.05, 3.63) is 53.1 Å². The third-order valence-electron chi connectivity index (χ3n) is 4.09. The largest absolute Gasteiger partial charge is 0.493 e. The number of rotatable bonds is 7. The Morgan fingerprint density at radius 3 is 2.62 bits per heavy atom. The topological polar surface area (TPSA) is 48.0 Å². The number of carbonyl (C=O) groups is 1. The first-order chi connectivity index (χ1) is 12.6. The Morgan fingerprint density at radius 2 is 1.88 bits per heavy atom. The van der Waals surface area contributed by atoms with Gasteiger partial charge >= 0.3 is 0 Å². The Balaban J connectivity index is 1.70. The molecule has 1 saturated heterocycles. The van der Waals surface area contributed by atoms with E-state index in [1.807, 2.05) is 41.3 Å². The maximum Gasteiger partial charge on any atom is 0.233 e. The molecule has 1 fully saturated rings. The molecule has 2 aromatic carbocycles. The van der Waals surface area contributed by atoms with E-state index in [-0.39, 0.29) is 11.3 Å². The van der Waals surface area contributed by atoms with E-state index >= 15 is 0 Å². The quantitative estimate of drug-likeness (QED) is 0.711. The molecule has 0 bridgehead atoms. The van der Waals surface area contributed by atoms with Gasteiger partial charge in [0.2, 0.25) is 5.91 Å². The molecule has 2 aromatic rings. The highest BCUT2D eigenvalue weighted by atomic mass is 35.5. The first-order valence-corrected chi connectivity index (χ1v) is 9.57. The van der Waals surface area contributed by atoms with Crippen molar-refractivity contribution in [2.75, 3.05) is 33.1 Å². The van der Waals surface area contributed by atoms with Crippen molar-refractivity contribution in [2.24, 2.45) is 0 Å². The van der Waals surface area contributed by atoms with Crippen LogP contribution in [-0.4, -0.2) is 43.9 Å². The Kier molecular flexibility index (Phi) is 6.16. The number of halogens is 1. The van der Waals surface area contributed by atoms with E-state index in [1.165, 1.54) is 0 Å². The summed E-state index contributed by atoms with van der Waals surface area (Å²) in [4.78, 5) is 14.1. The van der Waals surface area contributed by atoms with Crippen LogP contribution in [0.15, 0.2) is 42.5 Å². The molecule has 26 heavy (non-hydrogen) atoms. The maximum absolute atomic E-state index is 12.3. The van der Waals surface area contributed by atoms with Crippen LogP contribution in [0.4, 0.5) is 0 Å². The van der Waals surface area contributed by atoms with Crippen LogP contribution in [0.2, 0.25) is 5.02 Å². The highest BCUT2D eigenvalue weighted by molar-refractivity contribution is 8.00. The predicted molar refractivity (Wildman–Crippen MR) is 103 cm³/mol. The minimum absolute atomic E-state index is 0.0721. The number of carbonyl (C=O) groups excluding carboxylic acids is 1. The van der Waals surface area contributed by atoms with Crippen LogP contribution in [-0.2, 0) is 4.79 Å². The Labute approximate surface area is 162 Å². The Hall–Kier alpha value is -2.05. The maximum atomic E-state index is 12.3. The van der Waals surface area contributed by atoms with Crippen LogP contribution in [0.25, 0.3) is 0 Å². The molecule has 1 amide bonds. The summed E-state index contributed by atoms with van der Waals surface area (Å²) >= 11 is 7.69. The Morgan fingerprint density at radius 1 is 1.12 bits per heavy atom. The lowest BCUT2D eigenvalue weighted by Gasteiger charge is -2.25. The van der Waals surface area contributed by atoms with Gasteiger partial charge in [-0.15, -0.1) is 11.8 Å². The monoisotopic (exact) mass is 393 g/mol. The highest BCUT2D eigenvalue weighted by Gasteiger charge is 2.33. The SMILES string of the molecule is COc1ccc(C2SCC(=O)N2CCOc2ccccc2Cl)cc1OC. The second-order valence-corrected chi connectivity index (χ2v) is 7.12. The van der Waals surface area contributed by atoms with E-state index in [4.69, 9.17) is 25.8 Å². The van der Waals surface area contributed by atoms with Gasteiger partial charge in [-0.2, -0.15) is 0 Å². The highest BCUT2D eigenvalue weighted by Crippen LogP contribution is 2.41. The number of hydrogen-bond acceptors (Lipinski definition) is 5. The normalized spacial score (nSPS) is 16.7. The summed E-state index contributed by atoms with van der Waals surface area (Å²) in [5.41, 5.74) is 0.997. The number of amides is 1. The molecule has 1 aliphatic heterocycles. The molecule has 0 N–H and O–H groups in total. The molecule has 1 aliphatic rings. The van der Waals surface area contributed by atoms with Crippen LogP contribution in [0.3, 0.4) is 0 Å². The summed E-state index contributed by atoms with van der Waals surface area (Å²) < 4.78 is 16.4. The molecule has 1 unspecified atom stereocenters. The fraction of sp³-hybridized carbons (Fsp3) is 0.316. The molecule has 0 radical (unpaired) electrons. The van der Waals surface area contributed by atoms with Crippen molar-refractivity contribution in [1.82, 2.24) is 4.90 Å². The minimum Gasteiger partial charge on any atom is -0.493 e. The van der Waals surface area contributed by atoms with Gasteiger partial charge in [-0.25, -0.2) is 0 Å².